The zero-order valence-corrected chi connectivity index (χ0v) is 19.6. The first-order valence-electron chi connectivity index (χ1n) is 9.75. The van der Waals surface area contributed by atoms with Crippen LogP contribution in [0.15, 0.2) is 64.5 Å². The first-order valence-corrected chi connectivity index (χ1v) is 11.9. The number of hydrogen-bond acceptors (Lipinski definition) is 7. The first kappa shape index (κ1) is 20.9. The van der Waals surface area contributed by atoms with Crippen LogP contribution in [0.1, 0.15) is 16.3 Å². The number of fused-ring (bicyclic) bond motifs is 1. The number of hydrogen-bond donors (Lipinski definition) is 0. The van der Waals surface area contributed by atoms with Crippen LogP contribution in [0.2, 0.25) is 5.02 Å². The summed E-state index contributed by atoms with van der Waals surface area (Å²) in [4.78, 5) is 17.6. The predicted molar refractivity (Wildman–Crippen MR) is 128 cm³/mol. The molecule has 0 aliphatic rings. The van der Waals surface area contributed by atoms with Crippen LogP contribution in [0.25, 0.3) is 22.0 Å². The standard InChI is InChI=1S/C22H17ClN6OS2/c1-13-3-9-18(10-4-13)28-20(15-5-7-16(23)8-6-15)25-26-22(28)31-12-17-11-19(30)29-21(24-17)32-14(2)27-29/h3-11H,12H2,1-2H3. The smallest absolute Gasteiger partial charge is 0.270 e. The Bertz CT molecular complexity index is 1470. The zero-order valence-electron chi connectivity index (χ0n) is 17.2. The summed E-state index contributed by atoms with van der Waals surface area (Å²) >= 11 is 8.94. The van der Waals surface area contributed by atoms with Crippen molar-refractivity contribution in [1.29, 1.82) is 0 Å². The van der Waals surface area contributed by atoms with Crippen molar-refractivity contribution in [3.05, 3.63) is 86.2 Å². The Kier molecular flexibility index (Phi) is 5.54. The minimum atomic E-state index is -0.184. The molecule has 5 rings (SSSR count). The molecule has 5 aromatic rings. The third kappa shape index (κ3) is 4.06. The van der Waals surface area contributed by atoms with Gasteiger partial charge in [-0.2, -0.15) is 9.61 Å². The summed E-state index contributed by atoms with van der Waals surface area (Å²) in [5, 5.41) is 15.3. The van der Waals surface area contributed by atoms with Crippen molar-refractivity contribution >= 4 is 39.7 Å². The lowest BCUT2D eigenvalue weighted by Crippen LogP contribution is -2.15. The van der Waals surface area contributed by atoms with E-state index in [4.69, 9.17) is 11.6 Å². The van der Waals surface area contributed by atoms with Crippen molar-refractivity contribution in [2.24, 2.45) is 0 Å². The van der Waals surface area contributed by atoms with Crippen molar-refractivity contribution in [2.75, 3.05) is 0 Å². The molecule has 3 aromatic heterocycles. The van der Waals surface area contributed by atoms with Crippen molar-refractivity contribution in [3.63, 3.8) is 0 Å². The van der Waals surface area contributed by atoms with Crippen LogP contribution in [0.5, 0.6) is 0 Å². The molecule has 10 heteroatoms. The summed E-state index contributed by atoms with van der Waals surface area (Å²) in [5.41, 5.74) is 3.52. The van der Waals surface area contributed by atoms with Gasteiger partial charge in [-0.05, 0) is 50.2 Å². The average molecular weight is 481 g/mol. The molecule has 0 bridgehead atoms. The topological polar surface area (TPSA) is 78.0 Å². The zero-order chi connectivity index (χ0) is 22.2. The highest BCUT2D eigenvalue weighted by Crippen LogP contribution is 2.30. The Morgan fingerprint density at radius 1 is 1.03 bits per heavy atom. The SMILES string of the molecule is Cc1ccc(-n2c(SCc3cc(=O)n4nc(C)sc4n3)nnc2-c2ccc(Cl)cc2)cc1. The fourth-order valence-electron chi connectivity index (χ4n) is 3.24. The maximum Gasteiger partial charge on any atom is 0.275 e. The molecule has 0 aliphatic carbocycles. The van der Waals surface area contributed by atoms with Crippen molar-refractivity contribution in [3.8, 4) is 17.1 Å². The lowest BCUT2D eigenvalue weighted by molar-refractivity contribution is 0.868. The summed E-state index contributed by atoms with van der Waals surface area (Å²) < 4.78 is 3.34. The molecule has 0 spiro atoms. The molecule has 0 unspecified atom stereocenters. The molecular weight excluding hydrogens is 464 g/mol. The Labute approximate surface area is 196 Å². The Balaban J connectivity index is 1.53. The lowest BCUT2D eigenvalue weighted by Gasteiger charge is -2.11. The maximum absolute atomic E-state index is 12.4. The van der Waals surface area contributed by atoms with Crippen LogP contribution in [0.4, 0.5) is 0 Å². The summed E-state index contributed by atoms with van der Waals surface area (Å²) in [7, 11) is 0. The second-order valence-corrected chi connectivity index (χ2v) is 9.71. The van der Waals surface area contributed by atoms with Gasteiger partial charge in [0.05, 0.1) is 5.69 Å². The second-order valence-electron chi connectivity index (χ2n) is 7.17. The third-order valence-corrected chi connectivity index (χ3v) is 6.81. The van der Waals surface area contributed by atoms with E-state index >= 15 is 0 Å². The number of benzene rings is 2. The predicted octanol–water partition coefficient (Wildman–Crippen LogP) is 4.96. The molecule has 160 valence electrons. The monoisotopic (exact) mass is 480 g/mol. The van der Waals surface area contributed by atoms with Crippen LogP contribution in [0, 0.1) is 13.8 Å². The third-order valence-electron chi connectivity index (χ3n) is 4.78. The normalized spacial score (nSPS) is 11.3. The van der Waals surface area contributed by atoms with Crippen molar-refractivity contribution in [2.45, 2.75) is 24.8 Å². The first-order chi connectivity index (χ1) is 15.5. The highest BCUT2D eigenvalue weighted by molar-refractivity contribution is 7.98. The van der Waals surface area contributed by atoms with Gasteiger partial charge >= 0.3 is 0 Å². The van der Waals surface area contributed by atoms with Crippen molar-refractivity contribution in [1.82, 2.24) is 29.4 Å². The number of rotatable bonds is 5. The summed E-state index contributed by atoms with van der Waals surface area (Å²) in [6, 6.07) is 17.2. The molecule has 0 saturated carbocycles. The quantitative estimate of drug-likeness (QED) is 0.331. The van der Waals surface area contributed by atoms with Gasteiger partial charge in [0, 0.05) is 28.1 Å². The van der Waals surface area contributed by atoms with E-state index in [-0.39, 0.29) is 5.56 Å². The Morgan fingerprint density at radius 3 is 2.53 bits per heavy atom. The number of thioether (sulfide) groups is 1. The molecule has 0 atom stereocenters. The molecule has 0 N–H and O–H groups in total. The van der Waals surface area contributed by atoms with Gasteiger partial charge in [0.1, 0.15) is 5.01 Å². The second kappa shape index (κ2) is 8.50. The van der Waals surface area contributed by atoms with E-state index in [1.807, 2.05) is 54.8 Å². The summed E-state index contributed by atoms with van der Waals surface area (Å²) in [6.07, 6.45) is 0. The fraction of sp³-hybridized carbons (Fsp3) is 0.136. The Morgan fingerprint density at radius 2 is 1.78 bits per heavy atom. The van der Waals surface area contributed by atoms with Crippen LogP contribution >= 0.6 is 34.7 Å². The van der Waals surface area contributed by atoms with E-state index in [1.54, 1.807) is 0 Å². The van der Waals surface area contributed by atoms with Crippen LogP contribution < -0.4 is 5.56 Å². The molecule has 3 heterocycles. The summed E-state index contributed by atoms with van der Waals surface area (Å²) in [5.74, 6) is 1.20. The number of aryl methyl sites for hydroxylation is 2. The molecule has 0 fully saturated rings. The molecule has 32 heavy (non-hydrogen) atoms. The summed E-state index contributed by atoms with van der Waals surface area (Å²) in [6.45, 7) is 3.91. The van der Waals surface area contributed by atoms with E-state index in [2.05, 4.69) is 32.4 Å². The Hall–Kier alpha value is -3.01. The highest BCUT2D eigenvalue weighted by atomic mass is 35.5. The number of nitrogens with zero attached hydrogens (tertiary/aromatic N) is 6. The van der Waals surface area contributed by atoms with Crippen LogP contribution in [-0.2, 0) is 5.75 Å². The van der Waals surface area contributed by atoms with E-state index in [0.29, 0.717) is 26.6 Å². The molecule has 2 aromatic carbocycles. The van der Waals surface area contributed by atoms with Gasteiger partial charge in [-0.25, -0.2) is 4.98 Å². The van der Waals surface area contributed by atoms with Crippen molar-refractivity contribution < 1.29 is 0 Å². The maximum atomic E-state index is 12.4. The molecular formula is C22H17ClN6OS2. The molecule has 0 aliphatic heterocycles. The number of halogens is 1. The minimum absolute atomic E-state index is 0.184. The minimum Gasteiger partial charge on any atom is -0.270 e. The lowest BCUT2D eigenvalue weighted by atomic mass is 10.2. The van der Waals surface area contributed by atoms with Gasteiger partial charge in [-0.15, -0.1) is 10.2 Å². The van der Waals surface area contributed by atoms with E-state index in [0.717, 1.165) is 22.1 Å². The van der Waals surface area contributed by atoms with E-state index in [1.165, 1.54) is 39.2 Å². The van der Waals surface area contributed by atoms with Gasteiger partial charge < -0.3 is 0 Å². The molecule has 0 amide bonds. The molecule has 0 radical (unpaired) electrons. The largest absolute Gasteiger partial charge is 0.275 e. The molecule has 7 nitrogen and oxygen atoms in total. The average Bonchev–Trinajstić information content (AvgIpc) is 3.37. The van der Waals surface area contributed by atoms with Gasteiger partial charge in [0.25, 0.3) is 5.56 Å². The highest BCUT2D eigenvalue weighted by Gasteiger charge is 2.17. The van der Waals surface area contributed by atoms with Gasteiger partial charge in [-0.3, -0.25) is 9.36 Å². The number of aromatic nitrogens is 6. The van der Waals surface area contributed by atoms with Gasteiger partial charge in [0.15, 0.2) is 11.0 Å². The van der Waals surface area contributed by atoms with Crippen LogP contribution in [0.3, 0.4) is 0 Å². The van der Waals surface area contributed by atoms with E-state index in [9.17, 15) is 4.79 Å². The van der Waals surface area contributed by atoms with E-state index < -0.39 is 0 Å². The van der Waals surface area contributed by atoms with Gasteiger partial charge in [0.2, 0.25) is 4.96 Å². The van der Waals surface area contributed by atoms with Gasteiger partial charge in [-0.1, -0.05) is 52.4 Å². The van der Waals surface area contributed by atoms with Crippen LogP contribution in [-0.4, -0.2) is 29.4 Å². The molecule has 0 saturated heterocycles. The fourth-order valence-corrected chi connectivity index (χ4v) is 4.98.